The lowest BCUT2D eigenvalue weighted by atomic mass is 9.72. The molecule has 2 N–H and O–H groups in total. The molecule has 0 radical (unpaired) electrons. The first-order chi connectivity index (χ1) is 5.83. The van der Waals surface area contributed by atoms with Gasteiger partial charge in [0.15, 0.2) is 0 Å². The summed E-state index contributed by atoms with van der Waals surface area (Å²) in [7, 11) is 0. The fourth-order valence-corrected chi connectivity index (χ4v) is 2.03. The average Bonchev–Trinajstić information content (AvgIpc) is 2.16. The Bertz CT molecular complexity index is 179. The van der Waals surface area contributed by atoms with Crippen molar-refractivity contribution >= 4 is 0 Å². The van der Waals surface area contributed by atoms with Crippen LogP contribution >= 0.6 is 0 Å². The molecular formula is C11H19N. The highest BCUT2D eigenvalue weighted by Crippen LogP contribution is 2.37. The molecule has 1 fully saturated rings. The van der Waals surface area contributed by atoms with Gasteiger partial charge in [0, 0.05) is 6.42 Å². The molecule has 0 amide bonds. The Morgan fingerprint density at radius 1 is 1.25 bits per heavy atom. The van der Waals surface area contributed by atoms with Gasteiger partial charge in [0.25, 0.3) is 0 Å². The van der Waals surface area contributed by atoms with E-state index in [4.69, 9.17) is 5.73 Å². The summed E-state index contributed by atoms with van der Waals surface area (Å²) in [6, 6.07) is 0. The van der Waals surface area contributed by atoms with E-state index < -0.39 is 0 Å². The zero-order chi connectivity index (χ0) is 8.86. The molecule has 0 unspecified atom stereocenters. The minimum absolute atomic E-state index is 0.376. The minimum Gasteiger partial charge on any atom is -0.330 e. The molecule has 1 nitrogen and oxygen atoms in total. The Morgan fingerprint density at radius 2 is 1.92 bits per heavy atom. The molecule has 0 atom stereocenters. The molecule has 0 spiro atoms. The van der Waals surface area contributed by atoms with Crippen LogP contribution in [0.15, 0.2) is 0 Å². The predicted molar refractivity (Wildman–Crippen MR) is 52.6 cm³/mol. The average molecular weight is 165 g/mol. The zero-order valence-corrected chi connectivity index (χ0v) is 8.03. The molecule has 1 saturated carbocycles. The highest BCUT2D eigenvalue weighted by molar-refractivity contribution is 5.02. The van der Waals surface area contributed by atoms with Crippen molar-refractivity contribution in [1.29, 1.82) is 0 Å². The van der Waals surface area contributed by atoms with Gasteiger partial charge in [0.05, 0.1) is 0 Å². The number of nitrogens with two attached hydrogens (primary N) is 1. The summed E-state index contributed by atoms with van der Waals surface area (Å²) < 4.78 is 0. The van der Waals surface area contributed by atoms with Gasteiger partial charge in [-0.3, -0.25) is 0 Å². The van der Waals surface area contributed by atoms with Crippen molar-refractivity contribution < 1.29 is 0 Å². The second-order valence-electron chi connectivity index (χ2n) is 3.87. The van der Waals surface area contributed by atoms with Crippen molar-refractivity contribution in [1.82, 2.24) is 0 Å². The van der Waals surface area contributed by atoms with E-state index in [2.05, 4.69) is 11.8 Å². The fraction of sp³-hybridized carbons (Fsp3) is 0.818. The third kappa shape index (κ3) is 2.25. The molecular weight excluding hydrogens is 146 g/mol. The largest absolute Gasteiger partial charge is 0.330 e. The molecule has 12 heavy (non-hydrogen) atoms. The zero-order valence-electron chi connectivity index (χ0n) is 8.03. The minimum atomic E-state index is 0.376. The van der Waals surface area contributed by atoms with Crippen LogP contribution in [0, 0.1) is 17.3 Å². The Labute approximate surface area is 75.7 Å². The summed E-state index contributed by atoms with van der Waals surface area (Å²) in [6.45, 7) is 2.73. The number of hydrogen-bond acceptors (Lipinski definition) is 1. The van der Waals surface area contributed by atoms with E-state index in [0.717, 1.165) is 13.0 Å². The standard InChI is InChI=1S/C11H19N/c1-2-3-7-11(10-12)8-5-4-6-9-11/h4-10,12H2,1H3. The molecule has 0 aromatic heterocycles. The van der Waals surface area contributed by atoms with E-state index in [-0.39, 0.29) is 0 Å². The summed E-state index contributed by atoms with van der Waals surface area (Å²) in [5.41, 5.74) is 6.19. The van der Waals surface area contributed by atoms with Crippen LogP contribution in [0.3, 0.4) is 0 Å². The smallest absolute Gasteiger partial charge is 0.0157 e. The Morgan fingerprint density at radius 3 is 2.42 bits per heavy atom. The van der Waals surface area contributed by atoms with Crippen molar-refractivity contribution in [2.45, 2.75) is 45.4 Å². The lowest BCUT2D eigenvalue weighted by molar-refractivity contribution is 0.205. The third-order valence-electron chi connectivity index (χ3n) is 2.99. The van der Waals surface area contributed by atoms with Crippen molar-refractivity contribution in [3.05, 3.63) is 0 Å². The molecule has 0 bridgehead atoms. The first-order valence-electron chi connectivity index (χ1n) is 4.93. The van der Waals surface area contributed by atoms with Gasteiger partial charge in [0.2, 0.25) is 0 Å². The van der Waals surface area contributed by atoms with Crippen LogP contribution in [0.4, 0.5) is 0 Å². The summed E-state index contributed by atoms with van der Waals surface area (Å²) in [5, 5.41) is 0. The van der Waals surface area contributed by atoms with Gasteiger partial charge in [-0.05, 0) is 31.7 Å². The van der Waals surface area contributed by atoms with Crippen LogP contribution in [-0.4, -0.2) is 6.54 Å². The second kappa shape index (κ2) is 4.52. The van der Waals surface area contributed by atoms with Crippen molar-refractivity contribution in [3.63, 3.8) is 0 Å². The second-order valence-corrected chi connectivity index (χ2v) is 3.87. The van der Waals surface area contributed by atoms with Gasteiger partial charge in [0.1, 0.15) is 0 Å². The van der Waals surface area contributed by atoms with Crippen molar-refractivity contribution in [2.24, 2.45) is 11.1 Å². The molecule has 68 valence electrons. The van der Waals surface area contributed by atoms with Gasteiger partial charge in [-0.2, -0.15) is 0 Å². The first kappa shape index (κ1) is 9.61. The molecule has 1 rings (SSSR count). The topological polar surface area (TPSA) is 26.0 Å². The fourth-order valence-electron chi connectivity index (χ4n) is 2.03. The van der Waals surface area contributed by atoms with Crippen LogP contribution in [0.1, 0.15) is 45.4 Å². The lowest BCUT2D eigenvalue weighted by Crippen LogP contribution is -2.32. The van der Waals surface area contributed by atoms with Crippen LogP contribution < -0.4 is 5.73 Å². The molecule has 0 heterocycles. The maximum absolute atomic E-state index is 5.81. The monoisotopic (exact) mass is 165 g/mol. The van der Waals surface area contributed by atoms with Crippen LogP contribution in [0.5, 0.6) is 0 Å². The molecule has 0 aromatic carbocycles. The Balaban J connectivity index is 2.51. The summed E-state index contributed by atoms with van der Waals surface area (Å²) in [6.07, 6.45) is 7.68. The van der Waals surface area contributed by atoms with Crippen LogP contribution in [-0.2, 0) is 0 Å². The lowest BCUT2D eigenvalue weighted by Gasteiger charge is -2.34. The van der Waals surface area contributed by atoms with E-state index in [9.17, 15) is 0 Å². The normalized spacial score (nSPS) is 21.2. The third-order valence-corrected chi connectivity index (χ3v) is 2.99. The number of rotatable bonds is 2. The van der Waals surface area contributed by atoms with Crippen molar-refractivity contribution in [3.8, 4) is 11.8 Å². The van der Waals surface area contributed by atoms with Crippen LogP contribution in [0.25, 0.3) is 0 Å². The van der Waals surface area contributed by atoms with Crippen LogP contribution in [0.2, 0.25) is 0 Å². The quantitative estimate of drug-likeness (QED) is 0.624. The summed E-state index contributed by atoms with van der Waals surface area (Å²) in [5.74, 6) is 6.15. The molecule has 1 aliphatic carbocycles. The molecule has 0 saturated heterocycles. The van der Waals surface area contributed by atoms with E-state index in [1.807, 2.05) is 6.92 Å². The Kier molecular flexibility index (Phi) is 3.62. The highest BCUT2D eigenvalue weighted by atomic mass is 14.6. The van der Waals surface area contributed by atoms with Gasteiger partial charge < -0.3 is 5.73 Å². The van der Waals surface area contributed by atoms with E-state index >= 15 is 0 Å². The predicted octanol–water partition coefficient (Wildman–Crippen LogP) is 2.31. The maximum Gasteiger partial charge on any atom is 0.0157 e. The SMILES string of the molecule is CC#CCC1(CN)CCCCC1. The highest BCUT2D eigenvalue weighted by Gasteiger charge is 2.29. The summed E-state index contributed by atoms with van der Waals surface area (Å²) >= 11 is 0. The van der Waals surface area contributed by atoms with E-state index in [1.54, 1.807) is 0 Å². The molecule has 0 aromatic rings. The van der Waals surface area contributed by atoms with Crippen molar-refractivity contribution in [2.75, 3.05) is 6.54 Å². The first-order valence-corrected chi connectivity index (χ1v) is 4.93. The van der Waals surface area contributed by atoms with Gasteiger partial charge in [-0.15, -0.1) is 11.8 Å². The van der Waals surface area contributed by atoms with Gasteiger partial charge >= 0.3 is 0 Å². The van der Waals surface area contributed by atoms with Gasteiger partial charge in [-0.1, -0.05) is 19.3 Å². The summed E-state index contributed by atoms with van der Waals surface area (Å²) in [4.78, 5) is 0. The van der Waals surface area contributed by atoms with Gasteiger partial charge in [-0.25, -0.2) is 0 Å². The maximum atomic E-state index is 5.81. The number of hydrogen-bond donors (Lipinski definition) is 1. The van der Waals surface area contributed by atoms with E-state index in [1.165, 1.54) is 32.1 Å². The van der Waals surface area contributed by atoms with E-state index in [0.29, 0.717) is 5.41 Å². The molecule has 1 heteroatoms. The Hall–Kier alpha value is -0.480. The molecule has 1 aliphatic rings. The molecule has 0 aliphatic heterocycles.